The monoisotopic (exact) mass is 192 g/mol. The molecule has 0 unspecified atom stereocenters. The molecule has 0 amide bonds. The molecule has 1 aliphatic heterocycles. The van der Waals surface area contributed by atoms with Crippen molar-refractivity contribution in [3.05, 3.63) is 39.9 Å². The van der Waals surface area contributed by atoms with Gasteiger partial charge in [-0.15, -0.1) is 0 Å². The average Bonchev–Trinajstić information content (AvgIpc) is 2.71. The van der Waals surface area contributed by atoms with E-state index in [0.717, 1.165) is 19.5 Å². The molecule has 1 aromatic carbocycles. The van der Waals surface area contributed by atoms with E-state index in [4.69, 9.17) is 0 Å². The Balaban J connectivity index is 2.16. The Morgan fingerprint density at radius 3 is 2.57 bits per heavy atom. The highest BCUT2D eigenvalue weighted by molar-refractivity contribution is 5.34. The van der Waals surface area contributed by atoms with Crippen molar-refractivity contribution in [2.24, 2.45) is 0 Å². The first-order valence-electron chi connectivity index (χ1n) is 4.72. The van der Waals surface area contributed by atoms with E-state index < -0.39 is 0 Å². The lowest BCUT2D eigenvalue weighted by molar-refractivity contribution is -0.384. The highest BCUT2D eigenvalue weighted by Crippen LogP contribution is 2.23. The van der Waals surface area contributed by atoms with E-state index in [1.165, 1.54) is 5.56 Å². The van der Waals surface area contributed by atoms with Crippen molar-refractivity contribution in [2.45, 2.75) is 12.3 Å². The van der Waals surface area contributed by atoms with Gasteiger partial charge in [-0.25, -0.2) is 0 Å². The summed E-state index contributed by atoms with van der Waals surface area (Å²) in [5.74, 6) is 0.524. The van der Waals surface area contributed by atoms with Gasteiger partial charge in [-0.1, -0.05) is 12.1 Å². The van der Waals surface area contributed by atoms with Crippen molar-refractivity contribution in [3.63, 3.8) is 0 Å². The number of nitro groups is 1. The summed E-state index contributed by atoms with van der Waals surface area (Å²) >= 11 is 0. The second kappa shape index (κ2) is 3.75. The summed E-state index contributed by atoms with van der Waals surface area (Å²) in [5.41, 5.74) is 1.36. The Morgan fingerprint density at radius 1 is 1.36 bits per heavy atom. The van der Waals surface area contributed by atoms with E-state index in [2.05, 4.69) is 5.32 Å². The smallest absolute Gasteiger partial charge is 0.269 e. The summed E-state index contributed by atoms with van der Waals surface area (Å²) < 4.78 is 0. The number of rotatable bonds is 2. The standard InChI is InChI=1S/C10H12N2O2/c13-12(14)10-3-1-8(2-4-10)9-5-6-11-7-9/h1-4,9,11H,5-7H2/t9-/m0/s1. The minimum atomic E-state index is -0.364. The van der Waals surface area contributed by atoms with Crippen LogP contribution >= 0.6 is 0 Å². The largest absolute Gasteiger partial charge is 0.316 e. The van der Waals surface area contributed by atoms with Gasteiger partial charge in [0.15, 0.2) is 0 Å². The molecule has 2 rings (SSSR count). The van der Waals surface area contributed by atoms with E-state index in [9.17, 15) is 10.1 Å². The first-order chi connectivity index (χ1) is 6.77. The van der Waals surface area contributed by atoms with Gasteiger partial charge in [-0.05, 0) is 24.4 Å². The molecule has 0 radical (unpaired) electrons. The molecule has 1 aromatic rings. The Bertz CT molecular complexity index is 328. The van der Waals surface area contributed by atoms with Crippen molar-refractivity contribution in [1.82, 2.24) is 5.32 Å². The van der Waals surface area contributed by atoms with E-state index in [0.29, 0.717) is 5.92 Å². The molecule has 1 aliphatic rings. The minimum absolute atomic E-state index is 0.166. The summed E-state index contributed by atoms with van der Waals surface area (Å²) in [5, 5.41) is 13.7. The zero-order valence-corrected chi connectivity index (χ0v) is 7.77. The summed E-state index contributed by atoms with van der Waals surface area (Å²) in [6.07, 6.45) is 1.12. The molecule has 1 heterocycles. The van der Waals surface area contributed by atoms with Gasteiger partial charge in [0.25, 0.3) is 5.69 Å². The van der Waals surface area contributed by atoms with Gasteiger partial charge in [0.05, 0.1) is 4.92 Å². The molecule has 0 bridgehead atoms. The fourth-order valence-corrected chi connectivity index (χ4v) is 1.81. The lowest BCUT2D eigenvalue weighted by atomic mass is 9.98. The first-order valence-corrected chi connectivity index (χ1v) is 4.72. The van der Waals surface area contributed by atoms with Crippen LogP contribution in [0.2, 0.25) is 0 Å². The van der Waals surface area contributed by atoms with Gasteiger partial charge in [0.1, 0.15) is 0 Å². The molecule has 1 N–H and O–H groups in total. The number of nitrogens with one attached hydrogen (secondary N) is 1. The van der Waals surface area contributed by atoms with Crippen LogP contribution in [0.5, 0.6) is 0 Å². The zero-order chi connectivity index (χ0) is 9.97. The molecule has 14 heavy (non-hydrogen) atoms. The van der Waals surface area contributed by atoms with Crippen LogP contribution in [0, 0.1) is 10.1 Å². The number of nitrogens with zero attached hydrogens (tertiary/aromatic N) is 1. The average molecular weight is 192 g/mol. The molecule has 4 heteroatoms. The molecule has 74 valence electrons. The van der Waals surface area contributed by atoms with Gasteiger partial charge in [-0.3, -0.25) is 10.1 Å². The number of nitro benzene ring substituents is 1. The Labute approximate surface area is 82.1 Å². The Kier molecular flexibility index (Phi) is 2.45. The van der Waals surface area contributed by atoms with Gasteiger partial charge < -0.3 is 5.32 Å². The first kappa shape index (κ1) is 9.15. The van der Waals surface area contributed by atoms with Crippen LogP contribution in [-0.2, 0) is 0 Å². The van der Waals surface area contributed by atoms with E-state index in [1.54, 1.807) is 12.1 Å². The summed E-state index contributed by atoms with van der Waals surface area (Å²) in [6, 6.07) is 6.87. The van der Waals surface area contributed by atoms with E-state index in [1.807, 2.05) is 12.1 Å². The molecule has 1 saturated heterocycles. The summed E-state index contributed by atoms with van der Waals surface area (Å²) in [7, 11) is 0. The summed E-state index contributed by atoms with van der Waals surface area (Å²) in [6.45, 7) is 2.03. The van der Waals surface area contributed by atoms with Crippen molar-refractivity contribution >= 4 is 5.69 Å². The normalized spacial score (nSPS) is 21.0. The van der Waals surface area contributed by atoms with Crippen molar-refractivity contribution < 1.29 is 4.92 Å². The van der Waals surface area contributed by atoms with Crippen LogP contribution in [0.25, 0.3) is 0 Å². The van der Waals surface area contributed by atoms with Gasteiger partial charge in [0.2, 0.25) is 0 Å². The van der Waals surface area contributed by atoms with Crippen LogP contribution in [0.15, 0.2) is 24.3 Å². The predicted octanol–water partition coefficient (Wildman–Crippen LogP) is 1.67. The lowest BCUT2D eigenvalue weighted by Gasteiger charge is -2.07. The number of hydrogen-bond donors (Lipinski definition) is 1. The molecule has 1 fully saturated rings. The lowest BCUT2D eigenvalue weighted by Crippen LogP contribution is -2.07. The molecular formula is C10H12N2O2. The SMILES string of the molecule is O=[N+]([O-])c1ccc([C@H]2CCNC2)cc1. The topological polar surface area (TPSA) is 55.2 Å². The number of non-ortho nitro benzene ring substituents is 1. The predicted molar refractivity (Wildman–Crippen MR) is 53.3 cm³/mol. The molecule has 4 nitrogen and oxygen atoms in total. The molecule has 0 aliphatic carbocycles. The quantitative estimate of drug-likeness (QED) is 0.572. The van der Waals surface area contributed by atoms with Gasteiger partial charge in [0, 0.05) is 18.7 Å². The second-order valence-electron chi connectivity index (χ2n) is 3.54. The number of benzene rings is 1. The third kappa shape index (κ3) is 1.75. The maximum absolute atomic E-state index is 10.4. The highest BCUT2D eigenvalue weighted by Gasteiger charge is 2.17. The van der Waals surface area contributed by atoms with Gasteiger partial charge in [-0.2, -0.15) is 0 Å². The third-order valence-corrected chi connectivity index (χ3v) is 2.64. The van der Waals surface area contributed by atoms with Crippen molar-refractivity contribution in [1.29, 1.82) is 0 Å². The molecule has 1 atom stereocenters. The van der Waals surface area contributed by atoms with Crippen LogP contribution < -0.4 is 5.32 Å². The van der Waals surface area contributed by atoms with Crippen LogP contribution in [0.3, 0.4) is 0 Å². The molecule has 0 saturated carbocycles. The second-order valence-corrected chi connectivity index (χ2v) is 3.54. The highest BCUT2D eigenvalue weighted by atomic mass is 16.6. The molecule has 0 aromatic heterocycles. The minimum Gasteiger partial charge on any atom is -0.316 e. The molecule has 0 spiro atoms. The maximum Gasteiger partial charge on any atom is 0.269 e. The fourth-order valence-electron chi connectivity index (χ4n) is 1.81. The molecular weight excluding hydrogens is 180 g/mol. The Hall–Kier alpha value is -1.42. The number of hydrogen-bond acceptors (Lipinski definition) is 3. The van der Waals surface area contributed by atoms with Crippen molar-refractivity contribution in [2.75, 3.05) is 13.1 Å². The third-order valence-electron chi connectivity index (χ3n) is 2.64. The van der Waals surface area contributed by atoms with Crippen LogP contribution in [0.4, 0.5) is 5.69 Å². The zero-order valence-electron chi connectivity index (χ0n) is 7.77. The maximum atomic E-state index is 10.4. The van der Waals surface area contributed by atoms with Crippen LogP contribution in [0.1, 0.15) is 17.9 Å². The van der Waals surface area contributed by atoms with E-state index in [-0.39, 0.29) is 10.6 Å². The van der Waals surface area contributed by atoms with E-state index >= 15 is 0 Å². The fraction of sp³-hybridized carbons (Fsp3) is 0.400. The van der Waals surface area contributed by atoms with Gasteiger partial charge >= 0.3 is 0 Å². The summed E-state index contributed by atoms with van der Waals surface area (Å²) in [4.78, 5) is 10.1. The van der Waals surface area contributed by atoms with Crippen LogP contribution in [-0.4, -0.2) is 18.0 Å². The Morgan fingerprint density at radius 2 is 2.07 bits per heavy atom. The van der Waals surface area contributed by atoms with Crippen molar-refractivity contribution in [3.8, 4) is 0 Å².